The van der Waals surface area contributed by atoms with Crippen molar-refractivity contribution in [3.05, 3.63) is 6.20 Å². The average molecular weight is 218 g/mol. The summed E-state index contributed by atoms with van der Waals surface area (Å²) >= 11 is 0. The van der Waals surface area contributed by atoms with Crippen molar-refractivity contribution in [1.82, 2.24) is 9.78 Å². The molecule has 0 aliphatic carbocycles. The second-order valence-electron chi connectivity index (χ2n) is 2.34. The fraction of sp³-hybridized carbons (Fsp3) is 0.400. The van der Waals surface area contributed by atoms with Gasteiger partial charge in [0.25, 0.3) is 0 Å². The first-order valence-corrected chi connectivity index (χ1v) is 3.22. The van der Waals surface area contributed by atoms with E-state index in [1.807, 2.05) is 0 Å². The monoisotopic (exact) mass is 218 g/mol. The van der Waals surface area contributed by atoms with E-state index in [-0.39, 0.29) is 57.3 Å². The Balaban J connectivity index is 0.00000144. The van der Waals surface area contributed by atoms with Gasteiger partial charge in [0.1, 0.15) is 0 Å². The predicted molar refractivity (Wildman–Crippen MR) is 38.5 cm³/mol. The number of aromatic nitrogens is 2. The van der Waals surface area contributed by atoms with Crippen molar-refractivity contribution in [2.75, 3.05) is 7.11 Å². The maximum absolute atomic E-state index is 12.2. The number of hydrogen-bond donors (Lipinski definition) is 0. The Kier molecular flexibility index (Phi) is 5.02. The molecule has 68 valence electrons. The number of halogens is 3. The van der Waals surface area contributed by atoms with Crippen LogP contribution >= 0.6 is 0 Å². The Bertz CT molecular complexity index is 288. The summed E-state index contributed by atoms with van der Waals surface area (Å²) in [5.74, 6) is -0.370. The van der Waals surface area contributed by atoms with Crippen LogP contribution in [0.15, 0.2) is 6.20 Å². The summed E-state index contributed by atoms with van der Waals surface area (Å²) < 4.78 is 42.1. The smallest absolute Gasteiger partial charge is 0.482 e. The Morgan fingerprint density at radius 1 is 1.46 bits per heavy atom. The number of nitrogens with zero attached hydrogens (tertiary/aromatic N) is 2. The summed E-state index contributed by atoms with van der Waals surface area (Å²) in [7, 11) is 2.57. The zero-order valence-corrected chi connectivity index (χ0v) is 10.7. The summed E-state index contributed by atoms with van der Waals surface area (Å²) in [6.07, 6.45) is 0.902. The molecular weight excluding hydrogens is 211 g/mol. The van der Waals surface area contributed by atoms with Gasteiger partial charge >= 0.3 is 58.4 Å². The van der Waals surface area contributed by atoms with Crippen LogP contribution in [-0.2, 0) is 7.05 Å². The summed E-state index contributed by atoms with van der Waals surface area (Å²) in [5.41, 5.74) is -0.792. The summed E-state index contributed by atoms with van der Waals surface area (Å²) in [5, 5.41) is 3.49. The van der Waals surface area contributed by atoms with Gasteiger partial charge in [0.05, 0.1) is 7.11 Å². The second kappa shape index (κ2) is 4.83. The molecule has 1 aromatic heterocycles. The van der Waals surface area contributed by atoms with Gasteiger partial charge in [-0.15, -0.1) is 5.10 Å². The van der Waals surface area contributed by atoms with Crippen molar-refractivity contribution >= 4 is 12.4 Å². The van der Waals surface area contributed by atoms with E-state index in [1.165, 1.54) is 7.05 Å². The first-order chi connectivity index (χ1) is 5.45. The zero-order chi connectivity index (χ0) is 9.35. The van der Waals surface area contributed by atoms with Crippen molar-refractivity contribution in [2.24, 2.45) is 7.05 Å². The predicted octanol–water partition coefficient (Wildman–Crippen LogP) is -2.51. The molecule has 0 spiro atoms. The minimum Gasteiger partial charge on any atom is -0.482 e. The fourth-order valence-electron chi connectivity index (χ4n) is 0.870. The van der Waals surface area contributed by atoms with Crippen molar-refractivity contribution in [1.29, 1.82) is 0 Å². The number of aryl methyl sites for hydroxylation is 1. The second-order valence-corrected chi connectivity index (χ2v) is 2.34. The van der Waals surface area contributed by atoms with Crippen molar-refractivity contribution in [3.63, 3.8) is 0 Å². The van der Waals surface area contributed by atoms with E-state index in [4.69, 9.17) is 0 Å². The van der Waals surface area contributed by atoms with Crippen molar-refractivity contribution in [3.8, 4) is 5.88 Å². The molecule has 0 N–H and O–H groups in total. The summed E-state index contributed by atoms with van der Waals surface area (Å²) in [6, 6.07) is 0. The molecule has 0 fully saturated rings. The van der Waals surface area contributed by atoms with Gasteiger partial charge in [0, 0.05) is 13.2 Å². The maximum atomic E-state index is 12.2. The Morgan fingerprint density at radius 3 is 2.31 bits per heavy atom. The van der Waals surface area contributed by atoms with Gasteiger partial charge in [-0.2, -0.15) is 0 Å². The molecule has 0 atom stereocenters. The SMILES string of the molecule is COc1nn(C)cc1[B-](F)(F)F.[K+]. The molecule has 8 heteroatoms. The fourth-order valence-corrected chi connectivity index (χ4v) is 0.870. The standard InChI is InChI=1S/C5H7BF3N2O.K/c1-11-3-4(6(7,8)9)5(10-11)12-2;/h3H,1-2H3;/q-1;+1. The molecule has 0 aliphatic rings. The van der Waals surface area contributed by atoms with Crippen LogP contribution in [0, 0.1) is 0 Å². The van der Waals surface area contributed by atoms with E-state index < -0.39 is 12.4 Å². The molecule has 1 aromatic rings. The first-order valence-electron chi connectivity index (χ1n) is 3.22. The van der Waals surface area contributed by atoms with Crippen molar-refractivity contribution in [2.45, 2.75) is 0 Å². The topological polar surface area (TPSA) is 27.1 Å². The van der Waals surface area contributed by atoms with E-state index >= 15 is 0 Å². The van der Waals surface area contributed by atoms with Gasteiger partial charge in [0.15, 0.2) is 0 Å². The Hall–Kier alpha value is 0.501. The van der Waals surface area contributed by atoms with Crippen LogP contribution in [0.25, 0.3) is 0 Å². The van der Waals surface area contributed by atoms with E-state index in [9.17, 15) is 12.9 Å². The van der Waals surface area contributed by atoms with Crippen LogP contribution in [0.3, 0.4) is 0 Å². The van der Waals surface area contributed by atoms with Crippen LogP contribution in [-0.4, -0.2) is 23.9 Å². The van der Waals surface area contributed by atoms with Gasteiger partial charge in [-0.05, 0) is 5.46 Å². The van der Waals surface area contributed by atoms with Gasteiger partial charge < -0.3 is 17.7 Å². The van der Waals surface area contributed by atoms with E-state index in [1.54, 1.807) is 0 Å². The van der Waals surface area contributed by atoms with Crippen LogP contribution in [0.5, 0.6) is 5.88 Å². The van der Waals surface area contributed by atoms with Crippen LogP contribution < -0.4 is 61.6 Å². The van der Waals surface area contributed by atoms with Gasteiger partial charge in [-0.25, -0.2) is 0 Å². The van der Waals surface area contributed by atoms with Crippen molar-refractivity contribution < 1.29 is 69.1 Å². The molecule has 13 heavy (non-hydrogen) atoms. The van der Waals surface area contributed by atoms with E-state index in [2.05, 4.69) is 9.84 Å². The largest absolute Gasteiger partial charge is 1.00 e. The molecular formula is C5H7BF3KN2O. The van der Waals surface area contributed by atoms with E-state index in [0.717, 1.165) is 18.0 Å². The number of ether oxygens (including phenoxy) is 1. The number of hydrogen-bond acceptors (Lipinski definition) is 2. The molecule has 0 aromatic carbocycles. The molecule has 0 amide bonds. The molecule has 0 bridgehead atoms. The molecule has 0 saturated carbocycles. The molecule has 0 unspecified atom stereocenters. The normalized spacial score (nSPS) is 10.8. The summed E-state index contributed by atoms with van der Waals surface area (Å²) in [4.78, 5) is 0. The van der Waals surface area contributed by atoms with E-state index in [0.29, 0.717) is 0 Å². The third-order valence-corrected chi connectivity index (χ3v) is 1.37. The minimum absolute atomic E-state index is 0. The Labute approximate surface area is 116 Å². The first kappa shape index (κ1) is 13.5. The zero-order valence-electron chi connectivity index (χ0n) is 7.59. The van der Waals surface area contributed by atoms with Crippen LogP contribution in [0.2, 0.25) is 0 Å². The molecule has 0 aliphatic heterocycles. The van der Waals surface area contributed by atoms with Gasteiger partial charge in [-0.3, -0.25) is 4.68 Å². The average Bonchev–Trinajstić information content (AvgIpc) is 2.29. The molecule has 0 saturated heterocycles. The molecule has 1 heterocycles. The van der Waals surface area contributed by atoms with Gasteiger partial charge in [-0.1, -0.05) is 0 Å². The maximum Gasteiger partial charge on any atom is 1.00 e. The number of methoxy groups -OCH3 is 1. The Morgan fingerprint density at radius 2 is 2.00 bits per heavy atom. The third-order valence-electron chi connectivity index (χ3n) is 1.37. The number of rotatable bonds is 2. The molecule has 0 radical (unpaired) electrons. The van der Waals surface area contributed by atoms with Gasteiger partial charge in [0.2, 0.25) is 5.88 Å². The minimum atomic E-state index is -5.03. The van der Waals surface area contributed by atoms with Crippen LogP contribution in [0.4, 0.5) is 12.9 Å². The van der Waals surface area contributed by atoms with Crippen LogP contribution in [0.1, 0.15) is 0 Å². The molecule has 3 nitrogen and oxygen atoms in total. The third kappa shape index (κ3) is 3.28. The molecule has 1 rings (SSSR count). The summed E-state index contributed by atoms with van der Waals surface area (Å²) in [6.45, 7) is -5.03. The quantitative estimate of drug-likeness (QED) is 0.512.